The van der Waals surface area contributed by atoms with E-state index in [1.165, 1.54) is 0 Å². The zero-order valence-corrected chi connectivity index (χ0v) is 25.1. The van der Waals surface area contributed by atoms with Crippen molar-refractivity contribution in [2.75, 3.05) is 24.7 Å². The lowest BCUT2D eigenvalue weighted by Gasteiger charge is -2.20. The summed E-state index contributed by atoms with van der Waals surface area (Å²) in [6.45, 7) is -1.94. The summed E-state index contributed by atoms with van der Waals surface area (Å²) in [7, 11) is -10.9. The number of fused-ring (bicyclic) bond motifs is 2. The van der Waals surface area contributed by atoms with Crippen LogP contribution in [0, 0.1) is 0 Å². The molecule has 2 saturated heterocycles. The van der Waals surface area contributed by atoms with E-state index in [0.717, 1.165) is 21.8 Å². The Morgan fingerprint density at radius 2 is 1.13 bits per heavy atom. The van der Waals surface area contributed by atoms with E-state index in [2.05, 4.69) is 43.3 Å². The largest absolute Gasteiger partial charge is 0.481 e. The minimum absolute atomic E-state index is 0.108. The highest BCUT2D eigenvalue weighted by atomic mass is 31.3. The number of ether oxygens (including phenoxy) is 2. The van der Waals surface area contributed by atoms with E-state index in [1.54, 1.807) is 0 Å². The van der Waals surface area contributed by atoms with Crippen LogP contribution >= 0.6 is 15.6 Å². The van der Waals surface area contributed by atoms with Crippen LogP contribution in [0.4, 0.5) is 11.9 Å². The number of aliphatic hydroxyl groups excluding tert-OH is 4. The molecule has 25 nitrogen and oxygen atoms in total. The second kappa shape index (κ2) is 12.1. The van der Waals surface area contributed by atoms with Crippen molar-refractivity contribution >= 4 is 49.9 Å². The van der Waals surface area contributed by atoms with Gasteiger partial charge in [-0.2, -0.15) is 14.3 Å². The van der Waals surface area contributed by atoms with Gasteiger partial charge in [0.05, 0.1) is 25.9 Å². The average Bonchev–Trinajstić information content (AvgIpc) is 3.72. The molecule has 2 unspecified atom stereocenters. The Hall–Kier alpha value is -3.68. The van der Waals surface area contributed by atoms with Gasteiger partial charge in [-0.05, 0) is 0 Å². The molecular weight excluding hydrogens is 682 g/mol. The number of phosphoric acid groups is 2. The fraction of sp³-hybridized carbons (Fsp3) is 0.500. The lowest BCUT2D eigenvalue weighted by molar-refractivity contribution is -0.0530. The van der Waals surface area contributed by atoms with Crippen molar-refractivity contribution in [3.63, 3.8) is 0 Å². The summed E-state index contributed by atoms with van der Waals surface area (Å²) in [6, 6.07) is 0. The molecule has 0 saturated carbocycles. The van der Waals surface area contributed by atoms with Crippen LogP contribution in [0.1, 0.15) is 12.5 Å². The summed E-state index contributed by atoms with van der Waals surface area (Å²) in [5, 5.41) is 41.9. The minimum atomic E-state index is -5.44. The van der Waals surface area contributed by atoms with E-state index in [-0.39, 0.29) is 34.2 Å². The molecule has 4 aromatic heterocycles. The third kappa shape index (κ3) is 6.32. The van der Waals surface area contributed by atoms with Crippen LogP contribution in [-0.4, -0.2) is 119 Å². The van der Waals surface area contributed by atoms with Gasteiger partial charge in [-0.1, -0.05) is 0 Å². The first-order valence-corrected chi connectivity index (χ1v) is 16.2. The molecule has 2 fully saturated rings. The Kier molecular flexibility index (Phi) is 8.54. The molecule has 12 N–H and O–H groups in total. The number of aromatic nitrogens is 8. The molecule has 0 aromatic carbocycles. The lowest BCUT2D eigenvalue weighted by atomic mass is 10.1. The highest BCUT2D eigenvalue weighted by Gasteiger charge is 2.48. The Bertz CT molecular complexity index is 1890. The highest BCUT2D eigenvalue weighted by molar-refractivity contribution is 7.61. The van der Waals surface area contributed by atoms with Crippen LogP contribution in [0.5, 0.6) is 0 Å². The van der Waals surface area contributed by atoms with Crippen molar-refractivity contribution in [2.24, 2.45) is 0 Å². The normalized spacial score (nSPS) is 30.6. The minimum Gasteiger partial charge on any atom is -0.387 e. The van der Waals surface area contributed by atoms with E-state index in [0.29, 0.717) is 0 Å². The number of imidazole rings is 2. The van der Waals surface area contributed by atoms with Gasteiger partial charge in [-0.15, -0.1) is 0 Å². The molecule has 6 heterocycles. The SMILES string of the molecule is Nc1nc2c(ncn2[C@@H]2O[C@H](COP(=O)(O)OP(=O)(O)OC[C@H]3O[C@@H](n4cnc5c(=O)[nH]c(N)nc54)[C@H](O)[C@@H]3O)[C@@H](O)[C@H]2O)c(=O)[nH]1. The van der Waals surface area contributed by atoms with Crippen LogP contribution in [0.3, 0.4) is 0 Å². The van der Waals surface area contributed by atoms with E-state index >= 15 is 0 Å². The molecule has 0 amide bonds. The van der Waals surface area contributed by atoms with Gasteiger partial charge in [0.1, 0.15) is 36.6 Å². The average molecular weight is 708 g/mol. The number of rotatable bonds is 10. The van der Waals surface area contributed by atoms with E-state index in [1.807, 2.05) is 0 Å². The van der Waals surface area contributed by atoms with Crippen molar-refractivity contribution in [1.82, 2.24) is 39.0 Å². The van der Waals surface area contributed by atoms with Crippen molar-refractivity contribution in [3.8, 4) is 0 Å². The number of nitrogens with two attached hydrogens (primary N) is 2. The molecule has 0 bridgehead atoms. The van der Waals surface area contributed by atoms with Crippen LogP contribution < -0.4 is 22.6 Å². The van der Waals surface area contributed by atoms with Crippen LogP contribution in [0.25, 0.3) is 22.3 Å². The van der Waals surface area contributed by atoms with E-state index in [9.17, 15) is 48.9 Å². The third-order valence-corrected chi connectivity index (χ3v) is 9.74. The first-order chi connectivity index (χ1) is 22.0. The van der Waals surface area contributed by atoms with Crippen LogP contribution in [0.2, 0.25) is 0 Å². The zero-order valence-electron chi connectivity index (χ0n) is 23.3. The van der Waals surface area contributed by atoms with E-state index < -0.39 is 89.1 Å². The number of H-pyrrole nitrogens is 2. The standard InChI is InChI=1S/C20H26N10O15P2/c21-19-25-13-7(15(35)27-19)23-3-29(13)17-11(33)9(31)5(43-17)1-41-46(37,38)45-47(39,40)42-2-6-10(32)12(34)18(44-6)30-4-24-8-14(30)26-20(22)28-16(8)36/h3-6,9-12,17-18,31-34H,1-2H2,(H,37,38)(H,39,40)(H3,21,25,27,35)(H3,22,26,28,36)/t5-,6-,9-,10-,11-,12-,17-,18-/m1/s1. The Morgan fingerprint density at radius 1 is 0.745 bits per heavy atom. The fourth-order valence-electron chi connectivity index (χ4n) is 4.96. The summed E-state index contributed by atoms with van der Waals surface area (Å²) in [5.41, 5.74) is 9.19. The summed E-state index contributed by atoms with van der Waals surface area (Å²) < 4.78 is 51.8. The molecule has 4 aromatic rings. The molecule has 256 valence electrons. The van der Waals surface area contributed by atoms with Gasteiger partial charge < -0.3 is 51.2 Å². The number of phosphoric ester groups is 2. The first-order valence-electron chi connectivity index (χ1n) is 13.2. The van der Waals surface area contributed by atoms with Gasteiger partial charge >= 0.3 is 15.6 Å². The maximum Gasteiger partial charge on any atom is 0.481 e. The number of nitrogens with one attached hydrogen (secondary N) is 2. The van der Waals surface area contributed by atoms with Crippen molar-refractivity contribution < 1.29 is 62.2 Å². The molecule has 10 atom stereocenters. The topological polar surface area (TPSA) is 381 Å². The molecule has 2 aliphatic rings. The molecule has 0 radical (unpaired) electrons. The predicted molar refractivity (Wildman–Crippen MR) is 150 cm³/mol. The van der Waals surface area contributed by atoms with Crippen LogP contribution in [-0.2, 0) is 32.0 Å². The number of aromatic amines is 2. The predicted octanol–water partition coefficient (Wildman–Crippen LogP) is -4.09. The number of anilines is 2. The zero-order chi connectivity index (χ0) is 34.0. The number of nitrogen functional groups attached to an aromatic ring is 2. The van der Waals surface area contributed by atoms with E-state index in [4.69, 9.17) is 20.9 Å². The molecule has 0 spiro atoms. The molecule has 6 rings (SSSR count). The number of hydrogen-bond acceptors (Lipinski definition) is 19. The molecule has 2 aliphatic heterocycles. The number of hydrogen-bond donors (Lipinski definition) is 10. The van der Waals surface area contributed by atoms with Crippen molar-refractivity contribution in [2.45, 2.75) is 49.1 Å². The molecule has 0 aliphatic carbocycles. The second-order valence-corrected chi connectivity index (χ2v) is 13.3. The van der Waals surface area contributed by atoms with Crippen LogP contribution in [0.15, 0.2) is 22.2 Å². The third-order valence-electron chi connectivity index (χ3n) is 7.13. The summed E-state index contributed by atoms with van der Waals surface area (Å²) in [4.78, 5) is 64.2. The summed E-state index contributed by atoms with van der Waals surface area (Å²) in [6.07, 6.45) is -10.6. The number of aliphatic hydroxyl groups is 4. The van der Waals surface area contributed by atoms with Gasteiger partial charge in [0, 0.05) is 0 Å². The van der Waals surface area contributed by atoms with Gasteiger partial charge in [0.15, 0.2) is 34.8 Å². The summed E-state index contributed by atoms with van der Waals surface area (Å²) >= 11 is 0. The Labute approximate surface area is 258 Å². The molecule has 27 heteroatoms. The lowest BCUT2D eigenvalue weighted by Crippen LogP contribution is -2.34. The maximum absolute atomic E-state index is 12.5. The Morgan fingerprint density at radius 3 is 1.51 bits per heavy atom. The number of nitrogens with zero attached hydrogens (tertiary/aromatic N) is 6. The maximum atomic E-state index is 12.5. The fourth-order valence-corrected chi connectivity index (χ4v) is 7.06. The first kappa shape index (κ1) is 33.2. The van der Waals surface area contributed by atoms with Crippen molar-refractivity contribution in [3.05, 3.63) is 33.4 Å². The summed E-state index contributed by atoms with van der Waals surface area (Å²) in [5.74, 6) is -0.549. The monoisotopic (exact) mass is 708 g/mol. The smallest absolute Gasteiger partial charge is 0.387 e. The molecular formula is C20H26N10O15P2. The van der Waals surface area contributed by atoms with Gasteiger partial charge in [-0.25, -0.2) is 19.1 Å². The van der Waals surface area contributed by atoms with Gasteiger partial charge in [0.2, 0.25) is 11.9 Å². The Balaban J connectivity index is 1.06. The van der Waals surface area contributed by atoms with Gasteiger partial charge in [0.25, 0.3) is 11.1 Å². The quantitative estimate of drug-likeness (QED) is 0.0700. The second-order valence-electron chi connectivity index (χ2n) is 10.3. The highest BCUT2D eigenvalue weighted by Crippen LogP contribution is 2.60. The molecule has 47 heavy (non-hydrogen) atoms. The van der Waals surface area contributed by atoms with Crippen molar-refractivity contribution in [1.29, 1.82) is 0 Å². The van der Waals surface area contributed by atoms with Gasteiger partial charge in [-0.3, -0.25) is 37.7 Å².